The minimum Gasteiger partial charge on any atom is 0 e. The molecule has 0 saturated heterocycles. The van der Waals surface area contributed by atoms with E-state index in [1.807, 2.05) is 0 Å². The summed E-state index contributed by atoms with van der Waals surface area (Å²) < 4.78 is 0. The predicted octanol–water partition coefficient (Wildman–Crippen LogP) is -0.783. The Morgan fingerprint density at radius 2 is 1.60 bits per heavy atom. The number of carbonyl (C=O) groups excluding carboxylic acids is 1. The summed E-state index contributed by atoms with van der Waals surface area (Å²) in [5.74, 6) is 0. The molecular formula is CCoMgMnO. The molecular weight excluding hydrogens is 166 g/mol. The zero-order valence-corrected chi connectivity index (χ0v) is 5.96. The largest absolute Gasteiger partial charge is 0 e. The third-order valence-electron chi connectivity index (χ3n) is 0. The number of hydrogen-bond acceptors (Lipinski definition) is 1. The minimum atomic E-state index is 0. The molecule has 0 aliphatic heterocycles. The molecule has 4 heteroatoms. The van der Waals surface area contributed by atoms with E-state index in [4.69, 9.17) is 4.79 Å². The van der Waals surface area contributed by atoms with Crippen molar-refractivity contribution in [1.82, 2.24) is 0 Å². The average molecular weight is 166 g/mol. The first-order valence-corrected chi connectivity index (χ1v) is 0.891. The van der Waals surface area contributed by atoms with Crippen LogP contribution in [0, 0.1) is 0 Å². The second kappa shape index (κ2) is 18.2. The van der Waals surface area contributed by atoms with Crippen LogP contribution in [0.3, 0.4) is 0 Å². The first kappa shape index (κ1) is 16.2. The van der Waals surface area contributed by atoms with E-state index in [9.17, 15) is 0 Å². The molecule has 5 heavy (non-hydrogen) atoms. The monoisotopic (exact) mass is 166 g/mol. The molecule has 0 heterocycles. The second-order valence-electron chi connectivity index (χ2n) is 0.0680. The third kappa shape index (κ3) is 32.4. The molecule has 0 aliphatic carbocycles. The van der Waals surface area contributed by atoms with Gasteiger partial charge in [0.2, 0.25) is 0 Å². The fourth-order valence-corrected chi connectivity index (χ4v) is 0. The van der Waals surface area contributed by atoms with Crippen molar-refractivity contribution in [3.05, 3.63) is 0 Å². The van der Waals surface area contributed by atoms with Crippen LogP contribution in [0.25, 0.3) is 0 Å². The van der Waals surface area contributed by atoms with Crippen molar-refractivity contribution in [2.45, 2.75) is 0 Å². The molecule has 0 saturated carbocycles. The van der Waals surface area contributed by atoms with Gasteiger partial charge in [-0.25, -0.2) is 0 Å². The molecule has 0 fully saturated rings. The van der Waals surface area contributed by atoms with Gasteiger partial charge in [0.15, 0.2) is 0 Å². The molecule has 0 unspecified atom stereocenters. The van der Waals surface area contributed by atoms with Crippen molar-refractivity contribution in [2.75, 3.05) is 0 Å². The summed E-state index contributed by atoms with van der Waals surface area (Å²) >= 11 is 3.02. The Hall–Kier alpha value is 1.37. The van der Waals surface area contributed by atoms with Crippen LogP contribution in [0.15, 0.2) is 0 Å². The van der Waals surface area contributed by atoms with E-state index in [-0.39, 0.29) is 40.1 Å². The smallest absolute Gasteiger partial charge is 0 e. The Morgan fingerprint density at radius 1 is 1.60 bits per heavy atom. The van der Waals surface area contributed by atoms with Crippen LogP contribution in [-0.2, 0) is 37.2 Å². The summed E-state index contributed by atoms with van der Waals surface area (Å²) in [6.45, 7) is 0. The van der Waals surface area contributed by atoms with Gasteiger partial charge in [-0.1, -0.05) is 0 Å². The van der Waals surface area contributed by atoms with E-state index in [1.165, 1.54) is 4.82 Å². The Kier molecular flexibility index (Phi) is 59.0. The van der Waals surface area contributed by atoms with Gasteiger partial charge in [-0.3, -0.25) is 0 Å². The topological polar surface area (TPSA) is 17.1 Å². The van der Waals surface area contributed by atoms with Crippen molar-refractivity contribution >= 4 is 27.9 Å². The van der Waals surface area contributed by atoms with Crippen molar-refractivity contribution in [3.8, 4) is 0 Å². The third-order valence-corrected chi connectivity index (χ3v) is 0. The van der Waals surface area contributed by atoms with Gasteiger partial charge in [-0.05, 0) is 0 Å². The summed E-state index contributed by atoms with van der Waals surface area (Å²) in [5.41, 5.74) is 0. The number of rotatable bonds is 0. The molecule has 3 radical (unpaired) electrons. The van der Waals surface area contributed by atoms with Crippen LogP contribution >= 0.6 is 0 Å². The van der Waals surface area contributed by atoms with E-state index >= 15 is 0 Å². The van der Waals surface area contributed by atoms with Gasteiger partial charge in [0, 0.05) is 40.1 Å². The Morgan fingerprint density at radius 3 is 1.60 bits per heavy atom. The minimum absolute atomic E-state index is 0. The molecule has 0 aromatic rings. The average Bonchev–Trinajstić information content (AvgIpc) is 0.918. The first-order valence-electron chi connectivity index (χ1n) is 0.371. The molecule has 0 rings (SSSR count). The van der Waals surface area contributed by atoms with Crippen LogP contribution in [0.2, 0.25) is 0 Å². The molecule has 0 aromatic heterocycles. The van der Waals surface area contributed by atoms with Crippen molar-refractivity contribution < 1.29 is 37.2 Å². The van der Waals surface area contributed by atoms with Gasteiger partial charge in [0.05, 0.1) is 0 Å². The van der Waals surface area contributed by atoms with E-state index < -0.39 is 0 Å². The molecule has 28 valence electrons. The maximum atomic E-state index is 8.54. The molecule has 0 aliphatic rings. The maximum Gasteiger partial charge on any atom is 0 e. The molecule has 0 spiro atoms. The van der Waals surface area contributed by atoms with Gasteiger partial charge in [-0.15, -0.1) is 0 Å². The zero-order valence-electron chi connectivity index (χ0n) is 2.33. The second-order valence-corrected chi connectivity index (χ2v) is 0.281. The van der Waals surface area contributed by atoms with E-state index in [0.29, 0.717) is 0 Å². The van der Waals surface area contributed by atoms with Gasteiger partial charge >= 0.3 is 24.9 Å². The number of hydrogen-bond donors (Lipinski definition) is 0. The van der Waals surface area contributed by atoms with Gasteiger partial charge < -0.3 is 0 Å². The molecule has 0 aromatic carbocycles. The van der Waals surface area contributed by atoms with E-state index in [2.05, 4.69) is 15.3 Å². The standard InChI is InChI=1S/CO.Co.Mg.Mn/c1-2;;;. The summed E-state index contributed by atoms with van der Waals surface area (Å²) in [5, 5.41) is 0. The Labute approximate surface area is 64.6 Å². The van der Waals surface area contributed by atoms with Crippen molar-refractivity contribution in [1.29, 1.82) is 0 Å². The van der Waals surface area contributed by atoms with Crippen LogP contribution in [0.4, 0.5) is 0 Å². The molecule has 0 atom stereocenters. The van der Waals surface area contributed by atoms with Crippen LogP contribution in [-0.4, -0.2) is 27.9 Å². The van der Waals surface area contributed by atoms with E-state index in [0.717, 1.165) is 0 Å². The quantitative estimate of drug-likeness (QED) is 0.431. The molecule has 0 amide bonds. The molecule has 0 bridgehead atoms. The summed E-state index contributed by atoms with van der Waals surface area (Å²) in [4.78, 5) is 9.73. The van der Waals surface area contributed by atoms with Crippen molar-refractivity contribution in [2.24, 2.45) is 0 Å². The van der Waals surface area contributed by atoms with Gasteiger partial charge in [-0.2, -0.15) is 0 Å². The Balaban J connectivity index is -0.0000000200. The zero-order chi connectivity index (χ0) is 2.71. The Bertz CT molecular complexity index is 32.6. The normalized spacial score (nSPS) is 1.80. The predicted molar refractivity (Wildman–Crippen MR) is 11.4 cm³/mol. The fourth-order valence-electron chi connectivity index (χ4n) is 0. The van der Waals surface area contributed by atoms with Crippen LogP contribution < -0.4 is 0 Å². The van der Waals surface area contributed by atoms with Crippen molar-refractivity contribution in [3.63, 3.8) is 0 Å². The van der Waals surface area contributed by atoms with Gasteiger partial charge in [0.25, 0.3) is 0 Å². The maximum absolute atomic E-state index is 8.54. The summed E-state index contributed by atoms with van der Waals surface area (Å²) in [6.07, 6.45) is 0. The van der Waals surface area contributed by atoms with Crippen LogP contribution in [0.1, 0.15) is 0 Å². The summed E-state index contributed by atoms with van der Waals surface area (Å²) in [7, 11) is 0. The van der Waals surface area contributed by atoms with E-state index in [1.54, 1.807) is 0 Å². The van der Waals surface area contributed by atoms with Crippen LogP contribution in [0.5, 0.6) is 0 Å². The molecule has 1 nitrogen and oxygen atoms in total. The SMILES string of the molecule is O=[C]=[Co].[Mg].[Mn]. The van der Waals surface area contributed by atoms with Gasteiger partial charge in [0.1, 0.15) is 0 Å². The summed E-state index contributed by atoms with van der Waals surface area (Å²) in [6, 6.07) is 0. The fraction of sp³-hybridized carbons (Fsp3) is 0. The first-order chi connectivity index (χ1) is 1.41. The molecule has 0 N–H and O–H groups in total.